The monoisotopic (exact) mass is 405 g/mol. The van der Waals surface area contributed by atoms with Crippen LogP contribution in [0.1, 0.15) is 85.0 Å². The van der Waals surface area contributed by atoms with Gasteiger partial charge >= 0.3 is 0 Å². The molecule has 1 amide bonds. The van der Waals surface area contributed by atoms with Gasteiger partial charge in [0.25, 0.3) is 0 Å². The maximum absolute atomic E-state index is 11.8. The number of carbonyl (C=O) groups is 1. The quantitative estimate of drug-likeness (QED) is 0.658. The van der Waals surface area contributed by atoms with Crippen molar-refractivity contribution in [3.05, 3.63) is 0 Å². The molecule has 4 saturated carbocycles. The molecule has 0 heterocycles. The number of hydrogen-bond donors (Lipinski definition) is 3. The molecule has 0 aromatic rings. The smallest absolute Gasteiger partial charge is 0.219 e. The molecule has 0 bridgehead atoms. The molecular weight excluding hydrogens is 362 g/mol. The van der Waals surface area contributed by atoms with Gasteiger partial charge in [0.1, 0.15) is 0 Å². The topological polar surface area (TPSA) is 69.6 Å². The van der Waals surface area contributed by atoms with Crippen molar-refractivity contribution in [1.82, 2.24) is 5.32 Å². The first-order valence-corrected chi connectivity index (χ1v) is 12.3. The summed E-state index contributed by atoms with van der Waals surface area (Å²) < 4.78 is 0. The number of fused-ring (bicyclic) bond motifs is 5. The highest BCUT2D eigenvalue weighted by Gasteiger charge is 2.65. The lowest BCUT2D eigenvalue weighted by molar-refractivity contribution is -0.201. The molecular formula is C25H43NO3. The van der Waals surface area contributed by atoms with Gasteiger partial charge in [0.2, 0.25) is 5.91 Å². The molecule has 4 aliphatic carbocycles. The average molecular weight is 406 g/mol. The molecule has 0 aromatic heterocycles. The van der Waals surface area contributed by atoms with E-state index in [9.17, 15) is 15.0 Å². The Bertz CT molecular complexity index is 623. The average Bonchev–Trinajstić information content (AvgIpc) is 3.05. The molecule has 29 heavy (non-hydrogen) atoms. The molecule has 4 aliphatic rings. The number of aliphatic hydroxyl groups excluding tert-OH is 2. The third-order valence-electron chi connectivity index (χ3n) is 10.6. The first-order chi connectivity index (χ1) is 13.7. The van der Waals surface area contributed by atoms with E-state index in [1.54, 1.807) is 7.05 Å². The molecule has 4 rings (SSSR count). The van der Waals surface area contributed by atoms with E-state index < -0.39 is 0 Å². The van der Waals surface area contributed by atoms with E-state index in [4.69, 9.17) is 0 Å². The van der Waals surface area contributed by atoms with E-state index in [2.05, 4.69) is 26.1 Å². The van der Waals surface area contributed by atoms with Crippen LogP contribution in [0, 0.1) is 46.3 Å². The van der Waals surface area contributed by atoms with Gasteiger partial charge in [-0.3, -0.25) is 4.79 Å². The SMILES string of the molecule is CNC(=O)CC[C@H](C)C1CC[C@H]2C3[C@H](O)CC4CCCC[C@]4(C)[C@H]3C[C@H](O)C12C. The Hall–Kier alpha value is -0.610. The van der Waals surface area contributed by atoms with Crippen molar-refractivity contribution in [2.24, 2.45) is 46.3 Å². The minimum absolute atomic E-state index is 0.111. The summed E-state index contributed by atoms with van der Waals surface area (Å²) in [6.45, 7) is 7.07. The molecule has 0 aliphatic heterocycles. The lowest BCUT2D eigenvalue weighted by Crippen LogP contribution is -2.61. The number of hydrogen-bond acceptors (Lipinski definition) is 3. The fraction of sp³-hybridized carbons (Fsp3) is 0.960. The molecule has 4 nitrogen and oxygen atoms in total. The zero-order chi connectivity index (χ0) is 21.0. The Labute approximate surface area is 177 Å². The van der Waals surface area contributed by atoms with Crippen molar-refractivity contribution >= 4 is 5.91 Å². The van der Waals surface area contributed by atoms with Crippen LogP contribution in [-0.4, -0.2) is 35.4 Å². The van der Waals surface area contributed by atoms with Crippen molar-refractivity contribution < 1.29 is 15.0 Å². The van der Waals surface area contributed by atoms with Crippen molar-refractivity contribution in [3.63, 3.8) is 0 Å². The Balaban J connectivity index is 1.58. The second-order valence-electron chi connectivity index (χ2n) is 11.5. The minimum atomic E-state index is -0.284. The summed E-state index contributed by atoms with van der Waals surface area (Å²) >= 11 is 0. The van der Waals surface area contributed by atoms with Crippen LogP contribution in [0.2, 0.25) is 0 Å². The lowest BCUT2D eigenvalue weighted by atomic mass is 9.43. The van der Waals surface area contributed by atoms with Gasteiger partial charge in [0.15, 0.2) is 0 Å². The van der Waals surface area contributed by atoms with E-state index in [1.807, 2.05) is 0 Å². The lowest BCUT2D eigenvalue weighted by Gasteiger charge is -2.63. The predicted molar refractivity (Wildman–Crippen MR) is 115 cm³/mol. The summed E-state index contributed by atoms with van der Waals surface area (Å²) in [5.41, 5.74) is 0.176. The molecule has 0 saturated heterocycles. The molecule has 4 fully saturated rings. The Kier molecular flexibility index (Phi) is 5.83. The van der Waals surface area contributed by atoms with E-state index in [-0.39, 0.29) is 23.5 Å². The van der Waals surface area contributed by atoms with Crippen LogP contribution in [0.5, 0.6) is 0 Å². The molecule has 0 radical (unpaired) electrons. The standard InChI is InChI=1S/C25H43NO3/c1-15(8-11-22(29)26-4)17-9-10-18-23-19(14-21(28)25(17,18)3)24(2)12-6-5-7-16(24)13-20(23)27/h15-21,23,27-28H,5-14H2,1-4H3,(H,26,29)/t15-,16?,17?,18-,19-,20+,21-,23?,24-,25?/m0/s1. The van der Waals surface area contributed by atoms with Crippen molar-refractivity contribution in [1.29, 1.82) is 0 Å². The van der Waals surface area contributed by atoms with E-state index in [0.717, 1.165) is 32.1 Å². The van der Waals surface area contributed by atoms with Crippen molar-refractivity contribution in [2.45, 2.75) is 97.2 Å². The number of amides is 1. The number of rotatable bonds is 4. The first-order valence-electron chi connectivity index (χ1n) is 12.3. The van der Waals surface area contributed by atoms with Gasteiger partial charge in [0, 0.05) is 13.5 Å². The summed E-state index contributed by atoms with van der Waals surface area (Å²) in [7, 11) is 1.70. The van der Waals surface area contributed by atoms with Gasteiger partial charge in [-0.05, 0) is 91.3 Å². The number of nitrogens with one attached hydrogen (secondary N) is 1. The molecule has 0 spiro atoms. The molecule has 3 N–H and O–H groups in total. The molecule has 4 unspecified atom stereocenters. The van der Waals surface area contributed by atoms with E-state index in [1.165, 1.54) is 25.7 Å². The Morgan fingerprint density at radius 3 is 2.59 bits per heavy atom. The van der Waals surface area contributed by atoms with Crippen LogP contribution >= 0.6 is 0 Å². The van der Waals surface area contributed by atoms with Gasteiger partial charge in [-0.1, -0.05) is 33.6 Å². The summed E-state index contributed by atoms with van der Waals surface area (Å²) in [5, 5.41) is 25.6. The summed E-state index contributed by atoms with van der Waals surface area (Å²) in [6.07, 6.45) is 10.2. The summed E-state index contributed by atoms with van der Waals surface area (Å²) in [5.74, 6) is 2.83. The minimum Gasteiger partial charge on any atom is -0.393 e. The van der Waals surface area contributed by atoms with Crippen molar-refractivity contribution in [2.75, 3.05) is 7.05 Å². The highest BCUT2D eigenvalue weighted by molar-refractivity contribution is 5.75. The van der Waals surface area contributed by atoms with Gasteiger partial charge in [0.05, 0.1) is 12.2 Å². The number of aliphatic hydroxyl groups is 2. The van der Waals surface area contributed by atoms with Crippen LogP contribution in [0.25, 0.3) is 0 Å². The highest BCUT2D eigenvalue weighted by Crippen LogP contribution is 2.68. The highest BCUT2D eigenvalue weighted by atomic mass is 16.3. The van der Waals surface area contributed by atoms with Gasteiger partial charge < -0.3 is 15.5 Å². The van der Waals surface area contributed by atoms with E-state index >= 15 is 0 Å². The van der Waals surface area contributed by atoms with Gasteiger partial charge in [-0.25, -0.2) is 0 Å². The van der Waals surface area contributed by atoms with Crippen molar-refractivity contribution in [3.8, 4) is 0 Å². The zero-order valence-corrected chi connectivity index (χ0v) is 19.0. The summed E-state index contributed by atoms with van der Waals surface area (Å²) in [4.78, 5) is 11.8. The maximum Gasteiger partial charge on any atom is 0.219 e. The Morgan fingerprint density at radius 1 is 1.10 bits per heavy atom. The molecule has 10 atom stereocenters. The molecule has 4 heteroatoms. The Morgan fingerprint density at radius 2 is 1.86 bits per heavy atom. The fourth-order valence-electron chi connectivity index (χ4n) is 8.87. The first kappa shape index (κ1) is 21.6. The zero-order valence-electron chi connectivity index (χ0n) is 19.0. The van der Waals surface area contributed by atoms with Crippen LogP contribution in [0.15, 0.2) is 0 Å². The second-order valence-corrected chi connectivity index (χ2v) is 11.5. The van der Waals surface area contributed by atoms with Crippen LogP contribution in [0.3, 0.4) is 0 Å². The summed E-state index contributed by atoms with van der Waals surface area (Å²) in [6, 6.07) is 0. The molecule has 0 aromatic carbocycles. The second kappa shape index (κ2) is 7.82. The van der Waals surface area contributed by atoms with Crippen LogP contribution < -0.4 is 5.32 Å². The third-order valence-corrected chi connectivity index (χ3v) is 10.6. The maximum atomic E-state index is 11.8. The predicted octanol–water partition coefficient (Wildman–Crippen LogP) is 4.14. The normalized spacial score (nSPS) is 50.2. The largest absolute Gasteiger partial charge is 0.393 e. The fourth-order valence-corrected chi connectivity index (χ4v) is 8.87. The van der Waals surface area contributed by atoms with E-state index in [0.29, 0.717) is 47.3 Å². The van der Waals surface area contributed by atoms with Crippen LogP contribution in [-0.2, 0) is 4.79 Å². The third kappa shape index (κ3) is 3.28. The molecule has 166 valence electrons. The van der Waals surface area contributed by atoms with Gasteiger partial charge in [-0.15, -0.1) is 0 Å². The number of carbonyl (C=O) groups excluding carboxylic acids is 1. The van der Waals surface area contributed by atoms with Gasteiger partial charge in [-0.2, -0.15) is 0 Å². The van der Waals surface area contributed by atoms with Crippen LogP contribution in [0.4, 0.5) is 0 Å².